The van der Waals surface area contributed by atoms with Crippen molar-refractivity contribution >= 4 is 52.3 Å². The van der Waals surface area contributed by atoms with Gasteiger partial charge in [-0.3, -0.25) is 33.6 Å². The molecule has 310 valence electrons. The monoisotopic (exact) mass is 798 g/mol. The summed E-state index contributed by atoms with van der Waals surface area (Å²) in [6.45, 7) is 4.93. The minimum atomic E-state index is -1.49. The van der Waals surface area contributed by atoms with E-state index < -0.39 is 96.0 Å². The molecule has 16 heteroatoms. The highest BCUT2D eigenvalue weighted by Crippen LogP contribution is 2.29. The molecule has 7 N–H and O–H groups in total. The van der Waals surface area contributed by atoms with Gasteiger partial charge in [-0.2, -0.15) is 0 Å². The van der Waals surface area contributed by atoms with Crippen LogP contribution in [-0.4, -0.2) is 118 Å². The van der Waals surface area contributed by atoms with Crippen LogP contribution in [0.4, 0.5) is 0 Å². The van der Waals surface area contributed by atoms with Gasteiger partial charge in [0.25, 0.3) is 5.91 Å². The van der Waals surface area contributed by atoms with Gasteiger partial charge in [-0.05, 0) is 56.6 Å². The van der Waals surface area contributed by atoms with E-state index in [0.717, 1.165) is 11.1 Å². The third kappa shape index (κ3) is 9.33. The molecule has 3 saturated heterocycles. The highest BCUT2D eigenvalue weighted by molar-refractivity contribution is 5.99. The lowest BCUT2D eigenvalue weighted by Crippen LogP contribution is -2.61. The molecule has 3 aliphatic heterocycles. The molecule has 3 aromatic rings. The number of benzene rings is 2. The molecule has 7 amide bonds. The highest BCUT2D eigenvalue weighted by Gasteiger charge is 2.42. The lowest BCUT2D eigenvalue weighted by Gasteiger charge is -2.32. The van der Waals surface area contributed by atoms with E-state index in [0.29, 0.717) is 43.1 Å². The number of rotatable bonds is 6. The molecule has 3 aliphatic rings. The molecule has 16 nitrogen and oxygen atoms in total. The fourth-order valence-corrected chi connectivity index (χ4v) is 8.15. The van der Waals surface area contributed by atoms with Crippen molar-refractivity contribution in [3.05, 3.63) is 71.9 Å². The van der Waals surface area contributed by atoms with Crippen LogP contribution in [-0.2, 0) is 40.0 Å². The number of H-pyrrole nitrogens is 1. The zero-order valence-corrected chi connectivity index (χ0v) is 33.2. The van der Waals surface area contributed by atoms with E-state index in [9.17, 15) is 38.7 Å². The minimum absolute atomic E-state index is 0.0827. The standard InChI is InChI=1S/C42H54N8O8/c1-4-24(2)34-40(56)48-36(29-22-43-30-15-9-8-14-28(29)30)42(58)50-19-11-16-31(50)38(54)44-21-27(20-26-12-6-5-7-13-26)37(53)45-23-33(52)49-18-10-17-32(49)39(55)47-35(25(3)51)41(57)46-34/h5-9,12-15,22,24-25,27,31-32,34-36,43,51H,4,10-11,16-21,23H2,1-3H3,(H,44,54)(H,45,53)(H,46,57)(H,47,55)(H,48,56). The first-order chi connectivity index (χ1) is 27.9. The Balaban J connectivity index is 1.37. The van der Waals surface area contributed by atoms with Crippen molar-refractivity contribution in [1.82, 2.24) is 41.4 Å². The van der Waals surface area contributed by atoms with Gasteiger partial charge < -0.3 is 46.5 Å². The van der Waals surface area contributed by atoms with Crippen LogP contribution in [0.2, 0.25) is 0 Å². The fraction of sp³-hybridized carbons (Fsp3) is 0.500. The first kappa shape index (κ1) is 41.9. The maximum atomic E-state index is 14.7. The number of hydrogen-bond donors (Lipinski definition) is 7. The molecule has 0 saturated carbocycles. The van der Waals surface area contributed by atoms with E-state index in [2.05, 4.69) is 31.6 Å². The van der Waals surface area contributed by atoms with Gasteiger partial charge in [-0.15, -0.1) is 0 Å². The third-order valence-electron chi connectivity index (χ3n) is 11.7. The summed E-state index contributed by atoms with van der Waals surface area (Å²) in [4.78, 5) is 104. The summed E-state index contributed by atoms with van der Waals surface area (Å²) in [6.07, 6.45) is 2.61. The number of carbonyl (C=O) groups excluding carboxylic acids is 7. The van der Waals surface area contributed by atoms with Crippen molar-refractivity contribution in [2.75, 3.05) is 26.2 Å². The van der Waals surface area contributed by atoms with Gasteiger partial charge in [0.05, 0.1) is 18.6 Å². The van der Waals surface area contributed by atoms with Crippen LogP contribution in [0, 0.1) is 11.8 Å². The average molecular weight is 799 g/mol. The zero-order valence-electron chi connectivity index (χ0n) is 33.2. The zero-order chi connectivity index (χ0) is 41.5. The molecule has 58 heavy (non-hydrogen) atoms. The summed E-state index contributed by atoms with van der Waals surface area (Å²) in [5.41, 5.74) is 2.03. The number of fused-ring (bicyclic) bond motifs is 3. The number of para-hydroxylation sites is 1. The molecule has 0 aliphatic carbocycles. The van der Waals surface area contributed by atoms with Crippen molar-refractivity contribution in [1.29, 1.82) is 0 Å². The lowest BCUT2D eigenvalue weighted by atomic mass is 9.96. The predicted molar refractivity (Wildman–Crippen MR) is 213 cm³/mol. The molecule has 1 aromatic heterocycles. The Kier molecular flexibility index (Phi) is 13.5. The summed E-state index contributed by atoms with van der Waals surface area (Å²) in [5.74, 6) is -5.39. The van der Waals surface area contributed by atoms with Crippen LogP contribution in [0.5, 0.6) is 0 Å². The number of amides is 7. The van der Waals surface area contributed by atoms with Gasteiger partial charge in [0, 0.05) is 42.3 Å². The van der Waals surface area contributed by atoms with E-state index >= 15 is 0 Å². The Morgan fingerprint density at radius 2 is 1.36 bits per heavy atom. The SMILES string of the molecule is CCC(C)C1NC(=O)C(C(C)O)NC(=O)C2CCCN2C(=O)CNC(=O)C(Cc2ccccc2)CNC(=O)C2CCCN2C(=O)C(c2c[nH]c3ccccc23)NC1=O. The smallest absolute Gasteiger partial charge is 0.250 e. The Morgan fingerprint density at radius 3 is 2.07 bits per heavy atom. The van der Waals surface area contributed by atoms with Crippen LogP contribution < -0.4 is 26.6 Å². The third-order valence-corrected chi connectivity index (χ3v) is 11.7. The topological polar surface area (TPSA) is 222 Å². The van der Waals surface area contributed by atoms with E-state index in [1.165, 1.54) is 16.7 Å². The number of hydrogen-bond acceptors (Lipinski definition) is 8. The first-order valence-electron chi connectivity index (χ1n) is 20.2. The number of aromatic amines is 1. The van der Waals surface area contributed by atoms with Gasteiger partial charge in [0.2, 0.25) is 35.4 Å². The van der Waals surface area contributed by atoms with Gasteiger partial charge in [-0.25, -0.2) is 0 Å². The lowest BCUT2D eigenvalue weighted by molar-refractivity contribution is -0.143. The number of aromatic nitrogens is 1. The second kappa shape index (κ2) is 18.7. The molecule has 0 spiro atoms. The highest BCUT2D eigenvalue weighted by atomic mass is 16.3. The molecule has 8 atom stereocenters. The van der Waals surface area contributed by atoms with Crippen LogP contribution in [0.3, 0.4) is 0 Å². The molecule has 6 rings (SSSR count). The fourth-order valence-electron chi connectivity index (χ4n) is 8.15. The minimum Gasteiger partial charge on any atom is -0.391 e. The molecule has 4 heterocycles. The van der Waals surface area contributed by atoms with Gasteiger partial charge in [0.1, 0.15) is 30.2 Å². The maximum absolute atomic E-state index is 14.7. The van der Waals surface area contributed by atoms with Gasteiger partial charge in [0.15, 0.2) is 0 Å². The van der Waals surface area contributed by atoms with Crippen molar-refractivity contribution in [3.8, 4) is 0 Å². The summed E-state index contributed by atoms with van der Waals surface area (Å²) >= 11 is 0. The predicted octanol–water partition coefficient (Wildman–Crippen LogP) is 0.809. The van der Waals surface area contributed by atoms with Crippen molar-refractivity contribution in [3.63, 3.8) is 0 Å². The Hall–Kier alpha value is -5.77. The van der Waals surface area contributed by atoms with Gasteiger partial charge in [-0.1, -0.05) is 68.8 Å². The Labute approximate surface area is 337 Å². The largest absolute Gasteiger partial charge is 0.391 e. The second-order valence-electron chi connectivity index (χ2n) is 15.6. The Morgan fingerprint density at radius 1 is 0.724 bits per heavy atom. The summed E-state index contributed by atoms with van der Waals surface area (Å²) in [5, 5.41) is 25.3. The maximum Gasteiger partial charge on any atom is 0.250 e. The molecule has 0 radical (unpaired) electrons. The van der Waals surface area contributed by atoms with Crippen molar-refractivity contribution in [2.24, 2.45) is 11.8 Å². The molecular weight excluding hydrogens is 745 g/mol. The van der Waals surface area contributed by atoms with Gasteiger partial charge >= 0.3 is 0 Å². The second-order valence-corrected chi connectivity index (χ2v) is 15.6. The number of aliphatic hydroxyl groups is 1. The van der Waals surface area contributed by atoms with Crippen LogP contribution >= 0.6 is 0 Å². The van der Waals surface area contributed by atoms with E-state index in [1.54, 1.807) is 13.1 Å². The number of aliphatic hydroxyl groups excluding tert-OH is 1. The number of nitrogens with zero attached hydrogens (tertiary/aromatic N) is 2. The molecule has 8 unspecified atom stereocenters. The van der Waals surface area contributed by atoms with E-state index in [4.69, 9.17) is 0 Å². The summed E-state index contributed by atoms with van der Waals surface area (Å²) < 4.78 is 0. The molecule has 2 aromatic carbocycles. The van der Waals surface area contributed by atoms with Crippen molar-refractivity contribution in [2.45, 2.75) is 95.6 Å². The summed E-state index contributed by atoms with van der Waals surface area (Å²) in [6, 6.07) is 10.7. The molecular formula is C42H54N8O8. The van der Waals surface area contributed by atoms with Crippen LogP contribution in [0.1, 0.15) is 70.0 Å². The van der Waals surface area contributed by atoms with Crippen molar-refractivity contribution < 1.29 is 38.7 Å². The van der Waals surface area contributed by atoms with E-state index in [-0.39, 0.29) is 26.1 Å². The Bertz CT molecular complexity index is 2000. The quantitative estimate of drug-likeness (QED) is 0.189. The van der Waals surface area contributed by atoms with E-state index in [1.807, 2.05) is 61.5 Å². The number of carbonyl (C=O) groups is 7. The normalized spacial score (nSPS) is 26.9. The number of nitrogens with one attached hydrogen (secondary N) is 6. The molecule has 3 fully saturated rings. The first-order valence-corrected chi connectivity index (χ1v) is 20.2. The summed E-state index contributed by atoms with van der Waals surface area (Å²) in [7, 11) is 0. The average Bonchev–Trinajstić information content (AvgIpc) is 4.01. The molecule has 0 bridgehead atoms. The van der Waals surface area contributed by atoms with Crippen LogP contribution in [0.25, 0.3) is 10.9 Å². The van der Waals surface area contributed by atoms with Crippen LogP contribution in [0.15, 0.2) is 60.8 Å².